The fourth-order valence-corrected chi connectivity index (χ4v) is 10.2. The first-order chi connectivity index (χ1) is 37.2. The molecule has 2 heterocycles. The predicted octanol–water partition coefficient (Wildman–Crippen LogP) is 18.4. The highest BCUT2D eigenvalue weighted by molar-refractivity contribution is 5.98. The molecule has 0 amide bonds. The van der Waals surface area contributed by atoms with Gasteiger partial charge in [0.1, 0.15) is 0 Å². The second-order valence-corrected chi connectivity index (χ2v) is 18.6. The summed E-state index contributed by atoms with van der Waals surface area (Å²) in [6, 6.07) is 99.6. The van der Waals surface area contributed by atoms with Gasteiger partial charge >= 0.3 is 0 Å². The standard InChI is InChI=1S/C70H47N5/c1-8-22-48(23-9-1)59-44-63-65(46-61(59)50-26-12-3-13-27-50)73-69(67(71-63)52-30-16-5-17-31-52)54-36-40-57(41-37-54)75(56-34-20-7-21-35-56)58-42-38-55(39-43-58)70-68(53-32-18-6-19-33-53)72-64-45-60(49-24-10-2-11-25-49)62(47-66(64)74-70)51-28-14-4-15-29-51/h1-47H. The highest BCUT2D eigenvalue weighted by atomic mass is 15.1. The third kappa shape index (κ3) is 8.90. The van der Waals surface area contributed by atoms with Gasteiger partial charge < -0.3 is 4.90 Å². The fourth-order valence-electron chi connectivity index (χ4n) is 10.2. The number of benzene rings is 11. The van der Waals surface area contributed by atoms with E-state index in [1.54, 1.807) is 0 Å². The monoisotopic (exact) mass is 957 g/mol. The molecule has 0 atom stereocenters. The summed E-state index contributed by atoms with van der Waals surface area (Å²) in [5.74, 6) is 0. The van der Waals surface area contributed by atoms with Gasteiger partial charge in [0.25, 0.3) is 0 Å². The Balaban J connectivity index is 0.909. The van der Waals surface area contributed by atoms with Crippen LogP contribution in [-0.4, -0.2) is 19.9 Å². The Morgan fingerprint density at radius 1 is 0.187 bits per heavy atom. The lowest BCUT2D eigenvalue weighted by Gasteiger charge is -2.26. The van der Waals surface area contributed by atoms with Crippen LogP contribution in [0, 0.1) is 0 Å². The summed E-state index contributed by atoms with van der Waals surface area (Å²) in [6.45, 7) is 0. The van der Waals surface area contributed by atoms with Gasteiger partial charge in [-0.3, -0.25) is 0 Å². The second kappa shape index (κ2) is 19.8. The first-order valence-corrected chi connectivity index (χ1v) is 25.3. The molecular formula is C70H47N5. The number of hydrogen-bond donors (Lipinski definition) is 0. The van der Waals surface area contributed by atoms with Crippen LogP contribution in [-0.2, 0) is 0 Å². The van der Waals surface area contributed by atoms with Crippen molar-refractivity contribution in [3.63, 3.8) is 0 Å². The Morgan fingerprint density at radius 2 is 0.387 bits per heavy atom. The van der Waals surface area contributed by atoms with Crippen LogP contribution in [0.1, 0.15) is 0 Å². The molecule has 5 nitrogen and oxygen atoms in total. The van der Waals surface area contributed by atoms with Crippen molar-refractivity contribution >= 4 is 39.1 Å². The van der Waals surface area contributed by atoms with Crippen LogP contribution >= 0.6 is 0 Å². The van der Waals surface area contributed by atoms with Crippen molar-refractivity contribution in [1.82, 2.24) is 19.9 Å². The van der Waals surface area contributed by atoms with Crippen LogP contribution in [0.25, 0.3) is 112 Å². The Labute approximate surface area is 436 Å². The quantitative estimate of drug-likeness (QED) is 0.129. The van der Waals surface area contributed by atoms with E-state index in [9.17, 15) is 0 Å². The zero-order chi connectivity index (χ0) is 49.9. The summed E-state index contributed by atoms with van der Waals surface area (Å²) >= 11 is 0. The predicted molar refractivity (Wildman–Crippen MR) is 311 cm³/mol. The molecule has 75 heavy (non-hydrogen) atoms. The third-order valence-electron chi connectivity index (χ3n) is 13.9. The lowest BCUT2D eigenvalue weighted by molar-refractivity contribution is 1.26. The molecular weight excluding hydrogens is 911 g/mol. The molecule has 0 unspecified atom stereocenters. The maximum Gasteiger partial charge on any atom is 0.0973 e. The number of hydrogen-bond acceptors (Lipinski definition) is 5. The summed E-state index contributed by atoms with van der Waals surface area (Å²) in [7, 11) is 0. The molecule has 2 aromatic heterocycles. The normalized spacial score (nSPS) is 11.2. The Kier molecular flexibility index (Phi) is 11.9. The zero-order valence-corrected chi connectivity index (χ0v) is 40.9. The van der Waals surface area contributed by atoms with Gasteiger partial charge in [-0.2, -0.15) is 0 Å². The Bertz CT molecular complexity index is 3850. The smallest absolute Gasteiger partial charge is 0.0973 e. The van der Waals surface area contributed by atoms with Gasteiger partial charge in [0.05, 0.1) is 44.8 Å². The lowest BCUT2D eigenvalue weighted by Crippen LogP contribution is -2.09. The molecule has 352 valence electrons. The zero-order valence-electron chi connectivity index (χ0n) is 40.9. The number of nitrogens with zero attached hydrogens (tertiary/aromatic N) is 5. The van der Waals surface area contributed by atoms with E-state index in [0.29, 0.717) is 0 Å². The highest BCUT2D eigenvalue weighted by Crippen LogP contribution is 2.42. The van der Waals surface area contributed by atoms with Crippen molar-refractivity contribution in [3.8, 4) is 89.5 Å². The van der Waals surface area contributed by atoms with E-state index in [2.05, 4.69) is 278 Å². The number of fused-ring (bicyclic) bond motifs is 2. The molecule has 5 heteroatoms. The second-order valence-electron chi connectivity index (χ2n) is 18.6. The minimum absolute atomic E-state index is 0.820. The van der Waals surface area contributed by atoms with Gasteiger partial charge in [-0.05, 0) is 105 Å². The van der Waals surface area contributed by atoms with Gasteiger partial charge in [-0.15, -0.1) is 0 Å². The van der Waals surface area contributed by atoms with Crippen LogP contribution in [0.15, 0.2) is 285 Å². The Morgan fingerprint density at radius 3 is 0.640 bits per heavy atom. The molecule has 0 N–H and O–H groups in total. The lowest BCUT2D eigenvalue weighted by atomic mass is 9.93. The molecule has 0 saturated carbocycles. The van der Waals surface area contributed by atoms with E-state index in [4.69, 9.17) is 19.9 Å². The summed E-state index contributed by atoms with van der Waals surface area (Å²) in [6.07, 6.45) is 0. The van der Waals surface area contributed by atoms with E-state index in [0.717, 1.165) is 129 Å². The summed E-state index contributed by atoms with van der Waals surface area (Å²) in [5, 5.41) is 0. The topological polar surface area (TPSA) is 54.8 Å². The minimum atomic E-state index is 0.820. The van der Waals surface area contributed by atoms with Crippen molar-refractivity contribution in [1.29, 1.82) is 0 Å². The van der Waals surface area contributed by atoms with E-state index < -0.39 is 0 Å². The SMILES string of the molecule is c1ccc(-c2cc3nc(-c4ccccc4)c(-c4ccc(N(c5ccccc5)c5ccc(-c6nc7cc(-c8ccccc8)c(-c8ccccc8)cc7nc6-c6ccccc6)cc5)cc4)nc3cc2-c2ccccc2)cc1. The molecule has 0 aliphatic carbocycles. The molecule has 0 saturated heterocycles. The molecule has 0 fully saturated rings. The minimum Gasteiger partial charge on any atom is -0.311 e. The first kappa shape index (κ1) is 44.8. The fraction of sp³-hybridized carbons (Fsp3) is 0. The van der Waals surface area contributed by atoms with Crippen molar-refractivity contribution in [2.24, 2.45) is 0 Å². The van der Waals surface area contributed by atoms with Gasteiger partial charge in [-0.25, -0.2) is 19.9 Å². The Hall–Kier alpha value is -10.1. The molecule has 0 bridgehead atoms. The number of anilines is 3. The van der Waals surface area contributed by atoms with Crippen molar-refractivity contribution in [3.05, 3.63) is 285 Å². The molecule has 0 aliphatic heterocycles. The van der Waals surface area contributed by atoms with Crippen LogP contribution < -0.4 is 4.90 Å². The molecule has 0 radical (unpaired) electrons. The van der Waals surface area contributed by atoms with Gasteiger partial charge in [0, 0.05) is 39.3 Å². The summed E-state index contributed by atoms with van der Waals surface area (Å²) in [4.78, 5) is 24.1. The van der Waals surface area contributed by atoms with Crippen molar-refractivity contribution < 1.29 is 0 Å². The molecule has 13 aromatic rings. The van der Waals surface area contributed by atoms with E-state index in [1.807, 2.05) is 12.1 Å². The van der Waals surface area contributed by atoms with Crippen LogP contribution in [0.2, 0.25) is 0 Å². The largest absolute Gasteiger partial charge is 0.311 e. The molecule has 0 aliphatic rings. The summed E-state index contributed by atoms with van der Waals surface area (Å²) < 4.78 is 0. The highest BCUT2D eigenvalue weighted by Gasteiger charge is 2.21. The van der Waals surface area contributed by atoms with E-state index in [-0.39, 0.29) is 0 Å². The average Bonchev–Trinajstić information content (AvgIpc) is 3.50. The van der Waals surface area contributed by atoms with E-state index in [1.165, 1.54) is 0 Å². The maximum absolute atomic E-state index is 5.47. The number of para-hydroxylation sites is 1. The molecule has 13 rings (SSSR count). The average molecular weight is 958 g/mol. The van der Waals surface area contributed by atoms with Gasteiger partial charge in [0.2, 0.25) is 0 Å². The van der Waals surface area contributed by atoms with Gasteiger partial charge in [-0.1, -0.05) is 224 Å². The number of aromatic nitrogens is 4. The number of rotatable bonds is 11. The first-order valence-electron chi connectivity index (χ1n) is 25.3. The summed E-state index contributed by atoms with van der Waals surface area (Å²) in [5.41, 5.74) is 22.6. The molecule has 0 spiro atoms. The molecule has 11 aromatic carbocycles. The van der Waals surface area contributed by atoms with Crippen LogP contribution in [0.3, 0.4) is 0 Å². The van der Waals surface area contributed by atoms with Crippen molar-refractivity contribution in [2.45, 2.75) is 0 Å². The van der Waals surface area contributed by atoms with E-state index >= 15 is 0 Å². The van der Waals surface area contributed by atoms with Crippen molar-refractivity contribution in [2.75, 3.05) is 4.90 Å². The van der Waals surface area contributed by atoms with Gasteiger partial charge in [0.15, 0.2) is 0 Å². The van der Waals surface area contributed by atoms with Crippen LogP contribution in [0.4, 0.5) is 17.1 Å². The maximum atomic E-state index is 5.47. The third-order valence-corrected chi connectivity index (χ3v) is 13.9. The van der Waals surface area contributed by atoms with Crippen LogP contribution in [0.5, 0.6) is 0 Å².